The van der Waals surface area contributed by atoms with Crippen LogP contribution in [0.4, 0.5) is 11.5 Å². The Balaban J connectivity index is 0.987. The maximum absolute atomic E-state index is 13.2. The van der Waals surface area contributed by atoms with Crippen molar-refractivity contribution in [3.8, 4) is 11.3 Å². The van der Waals surface area contributed by atoms with Crippen LogP contribution >= 0.6 is 0 Å². The van der Waals surface area contributed by atoms with Gasteiger partial charge in [-0.3, -0.25) is 9.78 Å². The first-order valence-electron chi connectivity index (χ1n) is 14.4. The van der Waals surface area contributed by atoms with Gasteiger partial charge in [-0.15, -0.1) is 0 Å². The molecule has 2 fully saturated rings. The highest BCUT2D eigenvalue weighted by Crippen LogP contribution is 2.30. The largest absolute Gasteiger partial charge is 0.379 e. The molecule has 4 aromatic rings. The first-order valence-corrected chi connectivity index (χ1v) is 15.9. The molecule has 0 spiro atoms. The van der Waals surface area contributed by atoms with Crippen molar-refractivity contribution in [3.05, 3.63) is 77.7 Å². The molecule has 0 aliphatic carbocycles. The van der Waals surface area contributed by atoms with E-state index in [2.05, 4.69) is 36.2 Å². The third kappa shape index (κ3) is 5.58. The number of fused-ring (bicyclic) bond motifs is 1. The van der Waals surface area contributed by atoms with Crippen LogP contribution in [0.1, 0.15) is 22.5 Å². The molecule has 0 bridgehead atoms. The van der Waals surface area contributed by atoms with Crippen molar-refractivity contribution in [3.63, 3.8) is 0 Å². The second kappa shape index (κ2) is 11.4. The van der Waals surface area contributed by atoms with Crippen LogP contribution in [0.25, 0.3) is 22.3 Å². The van der Waals surface area contributed by atoms with Crippen LogP contribution in [0, 0.1) is 0 Å². The summed E-state index contributed by atoms with van der Waals surface area (Å²) in [5, 5.41) is 5.62. The van der Waals surface area contributed by atoms with Crippen LogP contribution in [-0.2, 0) is 21.3 Å². The van der Waals surface area contributed by atoms with Crippen molar-refractivity contribution in [2.24, 2.45) is 0 Å². The van der Waals surface area contributed by atoms with Crippen LogP contribution in [-0.4, -0.2) is 95.4 Å². The minimum atomic E-state index is -3.37. The number of ether oxygens (including phenoxy) is 1. The Labute approximate surface area is 249 Å². The van der Waals surface area contributed by atoms with Crippen molar-refractivity contribution < 1.29 is 17.9 Å². The molecule has 6 heterocycles. The average molecular weight is 601 g/mol. The Bertz CT molecular complexity index is 1780. The van der Waals surface area contributed by atoms with Crippen molar-refractivity contribution in [2.45, 2.75) is 19.0 Å². The summed E-state index contributed by atoms with van der Waals surface area (Å²) in [5.74, 6) is 0.809. The summed E-state index contributed by atoms with van der Waals surface area (Å²) in [6.07, 6.45) is 5.51. The molecular weight excluding hydrogens is 568 g/mol. The number of hydrogen-bond donors (Lipinski definition) is 2. The highest BCUT2D eigenvalue weighted by Gasteiger charge is 2.37. The van der Waals surface area contributed by atoms with Crippen molar-refractivity contribution in [1.29, 1.82) is 0 Å². The van der Waals surface area contributed by atoms with Gasteiger partial charge in [-0.25, -0.2) is 18.4 Å². The summed E-state index contributed by atoms with van der Waals surface area (Å²) in [4.78, 5) is 34.0. The lowest BCUT2D eigenvalue weighted by Gasteiger charge is -2.27. The molecule has 1 amide bonds. The fraction of sp³-hybridized carbons (Fsp3) is 0.333. The number of anilines is 2. The molecular formula is C30H32N8O4S. The number of carbonyl (C=O) groups is 1. The number of sulfonamides is 1. The standard InChI is InChI=1S/C30H32N8O4S/c39-30(37-10-7-25(19-37)38-9-1-15-43(38,40)41)22-6-8-31-24(16-22)18-32-23-4-2-21(3-5-23)27-17-26-28(35-27)33-20-34-29(26)36-11-13-42-14-12-36/h1-6,8,15-17,20,25,32H,7,9-14,18-19H2,(H,33,34,35). The lowest BCUT2D eigenvalue weighted by Crippen LogP contribution is -2.39. The van der Waals surface area contributed by atoms with E-state index in [9.17, 15) is 13.2 Å². The van der Waals surface area contributed by atoms with Gasteiger partial charge in [0.05, 0.1) is 30.8 Å². The van der Waals surface area contributed by atoms with E-state index in [0.29, 0.717) is 51.4 Å². The number of morpholine rings is 1. The van der Waals surface area contributed by atoms with Gasteiger partial charge in [0.25, 0.3) is 5.91 Å². The summed E-state index contributed by atoms with van der Waals surface area (Å²) in [6.45, 7) is 4.73. The van der Waals surface area contributed by atoms with E-state index in [1.807, 2.05) is 24.3 Å². The number of rotatable bonds is 7. The number of hydrogen-bond acceptors (Lipinski definition) is 9. The molecule has 1 aromatic carbocycles. The topological polar surface area (TPSA) is 137 Å². The van der Waals surface area contributed by atoms with Crippen molar-refractivity contribution in [1.82, 2.24) is 29.1 Å². The summed E-state index contributed by atoms with van der Waals surface area (Å²) in [5.41, 5.74) is 5.01. The predicted molar refractivity (Wildman–Crippen MR) is 163 cm³/mol. The number of aromatic nitrogens is 4. The SMILES string of the molecule is O=C(c1ccnc(CNc2ccc(-c3cc4c(N5CCOCC5)ncnc4[nH]3)cc2)c1)N1CCC(N2CC=CS2(=O)=O)C1. The number of aromatic amines is 1. The molecule has 0 saturated carbocycles. The van der Waals surface area contributed by atoms with Gasteiger partial charge in [0.2, 0.25) is 10.0 Å². The lowest BCUT2D eigenvalue weighted by molar-refractivity contribution is 0.0785. The third-order valence-corrected chi connectivity index (χ3v) is 9.82. The van der Waals surface area contributed by atoms with Gasteiger partial charge in [0.1, 0.15) is 17.8 Å². The van der Waals surface area contributed by atoms with Gasteiger partial charge in [-0.05, 0) is 42.3 Å². The normalized spacial score (nSPS) is 20.2. The first kappa shape index (κ1) is 27.5. The molecule has 2 saturated heterocycles. The lowest BCUT2D eigenvalue weighted by atomic mass is 10.1. The number of nitrogens with zero attached hydrogens (tertiary/aromatic N) is 6. The fourth-order valence-electron chi connectivity index (χ4n) is 5.93. The van der Waals surface area contributed by atoms with Gasteiger partial charge < -0.3 is 24.8 Å². The quantitative estimate of drug-likeness (QED) is 0.328. The van der Waals surface area contributed by atoms with Gasteiger partial charge in [-0.2, -0.15) is 4.31 Å². The fourth-order valence-corrected chi connectivity index (χ4v) is 7.30. The Morgan fingerprint density at radius 2 is 1.88 bits per heavy atom. The van der Waals surface area contributed by atoms with E-state index < -0.39 is 10.0 Å². The molecule has 3 aliphatic rings. The Morgan fingerprint density at radius 3 is 2.67 bits per heavy atom. The number of pyridine rings is 1. The maximum atomic E-state index is 13.2. The van der Waals surface area contributed by atoms with Gasteiger partial charge in [0.15, 0.2) is 0 Å². The van der Waals surface area contributed by atoms with E-state index in [4.69, 9.17) is 4.74 Å². The highest BCUT2D eigenvalue weighted by molar-refractivity contribution is 7.92. The molecule has 1 unspecified atom stereocenters. The number of likely N-dealkylation sites (tertiary alicyclic amines) is 1. The molecule has 3 aliphatic heterocycles. The maximum Gasteiger partial charge on any atom is 0.254 e. The number of carbonyl (C=O) groups excluding carboxylic acids is 1. The van der Waals surface area contributed by atoms with Crippen LogP contribution in [0.3, 0.4) is 0 Å². The smallest absolute Gasteiger partial charge is 0.254 e. The Hall–Kier alpha value is -4.33. The van der Waals surface area contributed by atoms with E-state index >= 15 is 0 Å². The van der Waals surface area contributed by atoms with E-state index in [1.165, 1.54) is 9.71 Å². The van der Waals surface area contributed by atoms with E-state index in [-0.39, 0.29) is 11.9 Å². The molecule has 0 radical (unpaired) electrons. The first-order chi connectivity index (χ1) is 20.9. The van der Waals surface area contributed by atoms with Crippen LogP contribution in [0.15, 0.2) is 66.5 Å². The molecule has 2 N–H and O–H groups in total. The van der Waals surface area contributed by atoms with Crippen molar-refractivity contribution >= 4 is 38.5 Å². The van der Waals surface area contributed by atoms with Crippen LogP contribution < -0.4 is 10.2 Å². The summed E-state index contributed by atoms with van der Waals surface area (Å²) < 4.78 is 31.4. The number of amides is 1. The molecule has 7 rings (SSSR count). The molecule has 13 heteroatoms. The van der Waals surface area contributed by atoms with E-state index in [1.54, 1.807) is 35.6 Å². The average Bonchev–Trinajstić information content (AvgIpc) is 3.78. The third-order valence-electron chi connectivity index (χ3n) is 8.19. The zero-order chi connectivity index (χ0) is 29.4. The summed E-state index contributed by atoms with van der Waals surface area (Å²) >= 11 is 0. The zero-order valence-corrected chi connectivity index (χ0v) is 24.3. The van der Waals surface area contributed by atoms with Crippen LogP contribution in [0.5, 0.6) is 0 Å². The van der Waals surface area contributed by atoms with Gasteiger partial charge in [0, 0.05) is 67.3 Å². The van der Waals surface area contributed by atoms with Crippen molar-refractivity contribution in [2.75, 3.05) is 56.2 Å². The number of benzene rings is 1. The minimum absolute atomic E-state index is 0.111. The monoisotopic (exact) mass is 600 g/mol. The second-order valence-electron chi connectivity index (χ2n) is 10.9. The predicted octanol–water partition coefficient (Wildman–Crippen LogP) is 2.84. The molecule has 3 aromatic heterocycles. The van der Waals surface area contributed by atoms with Crippen LogP contribution in [0.2, 0.25) is 0 Å². The van der Waals surface area contributed by atoms with Gasteiger partial charge >= 0.3 is 0 Å². The Morgan fingerprint density at radius 1 is 1.05 bits per heavy atom. The number of H-pyrrole nitrogens is 1. The van der Waals surface area contributed by atoms with E-state index in [0.717, 1.165) is 52.6 Å². The molecule has 43 heavy (non-hydrogen) atoms. The highest BCUT2D eigenvalue weighted by atomic mass is 32.2. The zero-order valence-electron chi connectivity index (χ0n) is 23.5. The van der Waals surface area contributed by atoms with Gasteiger partial charge in [-0.1, -0.05) is 18.2 Å². The minimum Gasteiger partial charge on any atom is -0.379 e. The Kier molecular flexibility index (Phi) is 7.29. The number of nitrogens with one attached hydrogen (secondary N) is 2. The summed E-state index contributed by atoms with van der Waals surface area (Å²) in [7, 11) is -3.37. The molecule has 222 valence electrons. The second-order valence-corrected chi connectivity index (χ2v) is 12.7. The summed E-state index contributed by atoms with van der Waals surface area (Å²) in [6, 6.07) is 13.5. The molecule has 12 nitrogen and oxygen atoms in total. The molecule has 1 atom stereocenters.